The molecule has 4 nitrogen and oxygen atoms in total. The van der Waals surface area contributed by atoms with Gasteiger partial charge in [0.05, 0.1) is 6.54 Å². The smallest absolute Gasteiger partial charge is 0.191 e. The van der Waals surface area contributed by atoms with Gasteiger partial charge in [-0.2, -0.15) is 0 Å². The molecular formula is C17H27ClN4. The van der Waals surface area contributed by atoms with Crippen molar-refractivity contribution in [1.29, 1.82) is 0 Å². The molecule has 1 heterocycles. The number of rotatable bonds is 6. The van der Waals surface area contributed by atoms with Gasteiger partial charge < -0.3 is 15.5 Å². The van der Waals surface area contributed by atoms with Crippen molar-refractivity contribution in [3.63, 3.8) is 0 Å². The van der Waals surface area contributed by atoms with E-state index in [1.807, 2.05) is 24.3 Å². The van der Waals surface area contributed by atoms with E-state index in [4.69, 9.17) is 11.6 Å². The Morgan fingerprint density at radius 1 is 1.27 bits per heavy atom. The van der Waals surface area contributed by atoms with Crippen molar-refractivity contribution < 1.29 is 0 Å². The summed E-state index contributed by atoms with van der Waals surface area (Å²) >= 11 is 5.91. The number of hydrogen-bond acceptors (Lipinski definition) is 2. The van der Waals surface area contributed by atoms with E-state index < -0.39 is 0 Å². The third-order valence-electron chi connectivity index (χ3n) is 4.05. The first-order valence-electron chi connectivity index (χ1n) is 8.20. The van der Waals surface area contributed by atoms with Crippen LogP contribution in [0.4, 0.5) is 0 Å². The second-order valence-corrected chi connectivity index (χ2v) is 6.19. The molecule has 2 rings (SSSR count). The van der Waals surface area contributed by atoms with Crippen LogP contribution < -0.4 is 10.6 Å². The van der Waals surface area contributed by atoms with Gasteiger partial charge in [-0.05, 0) is 50.0 Å². The van der Waals surface area contributed by atoms with Crippen molar-refractivity contribution in [3.05, 3.63) is 34.9 Å². The van der Waals surface area contributed by atoms with Crippen molar-refractivity contribution in [1.82, 2.24) is 15.5 Å². The van der Waals surface area contributed by atoms with Crippen molar-refractivity contribution >= 4 is 17.6 Å². The van der Waals surface area contributed by atoms with E-state index in [2.05, 4.69) is 34.4 Å². The van der Waals surface area contributed by atoms with Crippen LogP contribution in [0.1, 0.15) is 25.8 Å². The summed E-state index contributed by atoms with van der Waals surface area (Å²) in [4.78, 5) is 7.16. The lowest BCUT2D eigenvalue weighted by atomic mass is 10.1. The minimum absolute atomic E-state index is 0.665. The maximum Gasteiger partial charge on any atom is 0.191 e. The first kappa shape index (κ1) is 17.1. The summed E-state index contributed by atoms with van der Waals surface area (Å²) in [5.74, 6) is 1.62. The Hall–Kier alpha value is -1.26. The Balaban J connectivity index is 1.83. The zero-order valence-corrected chi connectivity index (χ0v) is 14.4. The average molecular weight is 323 g/mol. The topological polar surface area (TPSA) is 39.7 Å². The highest BCUT2D eigenvalue weighted by Gasteiger charge is 2.20. The van der Waals surface area contributed by atoms with E-state index in [1.54, 1.807) is 0 Å². The van der Waals surface area contributed by atoms with E-state index in [9.17, 15) is 0 Å². The van der Waals surface area contributed by atoms with Crippen LogP contribution in [0, 0.1) is 5.92 Å². The van der Waals surface area contributed by atoms with Gasteiger partial charge in [0.2, 0.25) is 0 Å². The van der Waals surface area contributed by atoms with E-state index in [0.717, 1.165) is 36.5 Å². The molecule has 0 aliphatic carbocycles. The molecule has 1 unspecified atom stereocenters. The number of halogens is 1. The molecule has 22 heavy (non-hydrogen) atoms. The third kappa shape index (κ3) is 5.50. The lowest BCUT2D eigenvalue weighted by molar-refractivity contribution is 0.342. The summed E-state index contributed by atoms with van der Waals surface area (Å²) in [6.45, 7) is 10.4. The molecule has 1 saturated heterocycles. The van der Waals surface area contributed by atoms with E-state index in [0.29, 0.717) is 6.54 Å². The highest BCUT2D eigenvalue weighted by Crippen LogP contribution is 2.14. The zero-order valence-electron chi connectivity index (χ0n) is 13.6. The molecule has 1 fully saturated rings. The van der Waals surface area contributed by atoms with Crippen LogP contribution in [0.5, 0.6) is 0 Å². The van der Waals surface area contributed by atoms with E-state index in [-0.39, 0.29) is 0 Å². The van der Waals surface area contributed by atoms with Crippen molar-refractivity contribution in [2.24, 2.45) is 10.9 Å². The average Bonchev–Trinajstić information content (AvgIpc) is 3.00. The van der Waals surface area contributed by atoms with Crippen LogP contribution in [0.25, 0.3) is 0 Å². The zero-order chi connectivity index (χ0) is 15.8. The Bertz CT molecular complexity index is 472. The van der Waals surface area contributed by atoms with Crippen LogP contribution in [-0.4, -0.2) is 43.6 Å². The van der Waals surface area contributed by atoms with Crippen molar-refractivity contribution in [2.75, 3.05) is 32.7 Å². The number of benzene rings is 1. The van der Waals surface area contributed by atoms with Gasteiger partial charge in [-0.1, -0.05) is 30.7 Å². The molecule has 1 aromatic rings. The van der Waals surface area contributed by atoms with Gasteiger partial charge in [0, 0.05) is 24.7 Å². The van der Waals surface area contributed by atoms with Crippen LogP contribution in [0.3, 0.4) is 0 Å². The van der Waals surface area contributed by atoms with Crippen LogP contribution in [0.15, 0.2) is 29.3 Å². The first-order valence-corrected chi connectivity index (χ1v) is 8.58. The fraction of sp³-hybridized carbons (Fsp3) is 0.588. The van der Waals surface area contributed by atoms with E-state index in [1.165, 1.54) is 25.1 Å². The number of nitrogens with zero attached hydrogens (tertiary/aromatic N) is 2. The molecule has 1 aliphatic heterocycles. The van der Waals surface area contributed by atoms with Crippen molar-refractivity contribution in [3.8, 4) is 0 Å². The van der Waals surface area contributed by atoms with Crippen LogP contribution in [-0.2, 0) is 6.54 Å². The standard InChI is InChI=1S/C17H27ClN4/c1-3-19-17(20-11-14-5-7-16(18)8-6-14)21-12-15-9-10-22(4-2)13-15/h5-8,15H,3-4,9-13H2,1-2H3,(H2,19,20,21). The fourth-order valence-corrected chi connectivity index (χ4v) is 2.84. The molecular weight excluding hydrogens is 296 g/mol. The van der Waals surface area contributed by atoms with Crippen molar-refractivity contribution in [2.45, 2.75) is 26.8 Å². The lowest BCUT2D eigenvalue weighted by Crippen LogP contribution is -2.40. The SMILES string of the molecule is CCNC(=NCc1ccc(Cl)cc1)NCC1CCN(CC)C1. The van der Waals surface area contributed by atoms with Gasteiger partial charge in [-0.15, -0.1) is 0 Å². The molecule has 2 N–H and O–H groups in total. The predicted octanol–water partition coefficient (Wildman–Crippen LogP) is 2.74. The molecule has 0 saturated carbocycles. The molecule has 0 aromatic heterocycles. The number of aliphatic imine (C=N–C) groups is 1. The second kappa shape index (κ2) is 9.01. The van der Waals surface area contributed by atoms with Gasteiger partial charge in [0.25, 0.3) is 0 Å². The molecule has 0 bridgehead atoms. The number of nitrogens with one attached hydrogen (secondary N) is 2. The fourth-order valence-electron chi connectivity index (χ4n) is 2.71. The quantitative estimate of drug-likeness (QED) is 0.625. The Morgan fingerprint density at radius 3 is 2.68 bits per heavy atom. The lowest BCUT2D eigenvalue weighted by Gasteiger charge is -2.16. The van der Waals surface area contributed by atoms with Gasteiger partial charge in [-0.25, -0.2) is 4.99 Å². The van der Waals surface area contributed by atoms with Gasteiger partial charge >= 0.3 is 0 Å². The molecule has 0 radical (unpaired) electrons. The largest absolute Gasteiger partial charge is 0.357 e. The maximum atomic E-state index is 5.91. The summed E-state index contributed by atoms with van der Waals surface area (Å²) < 4.78 is 0. The summed E-state index contributed by atoms with van der Waals surface area (Å²) in [5.41, 5.74) is 1.17. The molecule has 122 valence electrons. The molecule has 1 aliphatic rings. The highest BCUT2D eigenvalue weighted by atomic mass is 35.5. The van der Waals surface area contributed by atoms with Gasteiger partial charge in [0.1, 0.15) is 0 Å². The Morgan fingerprint density at radius 2 is 2.05 bits per heavy atom. The predicted molar refractivity (Wildman–Crippen MR) is 94.5 cm³/mol. The minimum Gasteiger partial charge on any atom is -0.357 e. The summed E-state index contributed by atoms with van der Waals surface area (Å²) in [7, 11) is 0. The first-order chi connectivity index (χ1) is 10.7. The maximum absolute atomic E-state index is 5.91. The number of guanidine groups is 1. The third-order valence-corrected chi connectivity index (χ3v) is 4.30. The van der Waals surface area contributed by atoms with Crippen LogP contribution in [0.2, 0.25) is 5.02 Å². The molecule has 5 heteroatoms. The Kier molecular flexibility index (Phi) is 7.00. The molecule has 0 amide bonds. The summed E-state index contributed by atoms with van der Waals surface area (Å²) in [6, 6.07) is 7.85. The normalized spacial score (nSPS) is 19.4. The Labute approximate surface area is 138 Å². The minimum atomic E-state index is 0.665. The highest BCUT2D eigenvalue weighted by molar-refractivity contribution is 6.30. The number of likely N-dealkylation sites (tertiary alicyclic amines) is 1. The molecule has 1 aromatic carbocycles. The molecule has 1 atom stereocenters. The number of hydrogen-bond donors (Lipinski definition) is 2. The second-order valence-electron chi connectivity index (χ2n) is 5.75. The van der Waals surface area contributed by atoms with Gasteiger partial charge in [-0.3, -0.25) is 0 Å². The molecule has 0 spiro atoms. The van der Waals surface area contributed by atoms with E-state index >= 15 is 0 Å². The summed E-state index contributed by atoms with van der Waals surface area (Å²) in [6.07, 6.45) is 1.28. The summed E-state index contributed by atoms with van der Waals surface area (Å²) in [5, 5.41) is 7.55. The monoisotopic (exact) mass is 322 g/mol. The van der Waals surface area contributed by atoms with Crippen LogP contribution >= 0.6 is 11.6 Å². The van der Waals surface area contributed by atoms with Gasteiger partial charge in [0.15, 0.2) is 5.96 Å².